The van der Waals surface area contributed by atoms with Crippen LogP contribution in [0, 0.1) is 17.5 Å². The van der Waals surface area contributed by atoms with Gasteiger partial charge in [-0.3, -0.25) is 4.79 Å². The summed E-state index contributed by atoms with van der Waals surface area (Å²) in [6, 6.07) is 13.0. The first-order valence-corrected chi connectivity index (χ1v) is 10.2. The number of rotatable bonds is 2. The zero-order valence-electron chi connectivity index (χ0n) is 16.3. The third-order valence-corrected chi connectivity index (χ3v) is 6.81. The summed E-state index contributed by atoms with van der Waals surface area (Å²) >= 11 is 0. The van der Waals surface area contributed by atoms with E-state index in [1.807, 2.05) is 0 Å². The zero-order chi connectivity index (χ0) is 21.3. The quantitative estimate of drug-likeness (QED) is 0.553. The molecule has 0 bridgehead atoms. The average Bonchev–Trinajstić information content (AvgIpc) is 3.43. The van der Waals surface area contributed by atoms with Crippen molar-refractivity contribution in [1.29, 1.82) is 0 Å². The fraction of sp³-hybridized carbons (Fsp3) is 0.208. The number of hydrogen-bond donors (Lipinski definition) is 3. The van der Waals surface area contributed by atoms with E-state index in [9.17, 15) is 18.0 Å². The standard InChI is InChI=1S/C24H18F3N3O/c25-12-1-4-20-15(7-12)18(10-28-20)24(19-11-29-21-5-2-13(26)8-16(19)21)23(31)17-9-14(27)3-6-22(17)30-24/h1-9,18-19,28-30H,10-11H2. The lowest BCUT2D eigenvalue weighted by atomic mass is 9.67. The Morgan fingerprint density at radius 3 is 1.74 bits per heavy atom. The molecule has 6 rings (SSSR count). The van der Waals surface area contributed by atoms with Gasteiger partial charge in [-0.2, -0.15) is 0 Å². The van der Waals surface area contributed by atoms with Crippen LogP contribution >= 0.6 is 0 Å². The molecule has 3 N–H and O–H groups in total. The van der Waals surface area contributed by atoms with E-state index in [1.165, 1.54) is 36.4 Å². The van der Waals surface area contributed by atoms with E-state index >= 15 is 0 Å². The molecule has 0 amide bonds. The SMILES string of the molecule is O=C1c2cc(F)ccc2NC1(C1CNc2ccc(F)cc21)C1CNc2ccc(F)cc21. The number of benzene rings is 3. The second-order valence-corrected chi connectivity index (χ2v) is 8.34. The molecule has 7 heteroatoms. The van der Waals surface area contributed by atoms with Gasteiger partial charge in [-0.05, 0) is 65.7 Å². The molecule has 3 heterocycles. The molecule has 0 aliphatic carbocycles. The Bertz CT molecular complexity index is 1200. The first-order chi connectivity index (χ1) is 15.0. The predicted octanol–water partition coefficient (Wildman–Crippen LogP) is 4.87. The van der Waals surface area contributed by atoms with Crippen LogP contribution in [0.3, 0.4) is 0 Å². The molecular weight excluding hydrogens is 403 g/mol. The van der Waals surface area contributed by atoms with Crippen molar-refractivity contribution in [1.82, 2.24) is 0 Å². The number of hydrogen-bond acceptors (Lipinski definition) is 4. The van der Waals surface area contributed by atoms with Crippen LogP contribution < -0.4 is 16.0 Å². The van der Waals surface area contributed by atoms with Crippen molar-refractivity contribution in [2.45, 2.75) is 17.4 Å². The fourth-order valence-corrected chi connectivity index (χ4v) is 5.47. The van der Waals surface area contributed by atoms with E-state index in [4.69, 9.17) is 0 Å². The highest BCUT2D eigenvalue weighted by Gasteiger charge is 2.59. The molecule has 31 heavy (non-hydrogen) atoms. The number of nitrogens with one attached hydrogen (secondary N) is 3. The Balaban J connectivity index is 1.58. The lowest BCUT2D eigenvalue weighted by molar-refractivity contribution is 0.0880. The van der Waals surface area contributed by atoms with Gasteiger partial charge in [0, 0.05) is 47.6 Å². The molecule has 0 fully saturated rings. The molecular formula is C24H18F3N3O. The molecule has 0 saturated carbocycles. The molecule has 3 aliphatic heterocycles. The smallest absolute Gasteiger partial charge is 0.191 e. The van der Waals surface area contributed by atoms with E-state index in [2.05, 4.69) is 16.0 Å². The largest absolute Gasteiger partial charge is 0.384 e. The Labute approximate surface area is 176 Å². The average molecular weight is 421 g/mol. The van der Waals surface area contributed by atoms with Gasteiger partial charge in [-0.15, -0.1) is 0 Å². The molecule has 0 aromatic heterocycles. The number of carbonyl (C=O) groups excluding carboxylic acids is 1. The third-order valence-electron chi connectivity index (χ3n) is 6.81. The molecule has 0 spiro atoms. The van der Waals surface area contributed by atoms with Gasteiger partial charge in [-0.25, -0.2) is 13.2 Å². The first-order valence-electron chi connectivity index (χ1n) is 10.2. The summed E-state index contributed by atoms with van der Waals surface area (Å²) in [6.07, 6.45) is 0. The van der Waals surface area contributed by atoms with Crippen LogP contribution in [0.5, 0.6) is 0 Å². The maximum absolute atomic E-state index is 14.2. The lowest BCUT2D eigenvalue weighted by Crippen LogP contribution is -2.53. The number of fused-ring (bicyclic) bond motifs is 3. The van der Waals surface area contributed by atoms with Gasteiger partial charge in [0.15, 0.2) is 5.78 Å². The highest BCUT2D eigenvalue weighted by atomic mass is 19.1. The van der Waals surface area contributed by atoms with Gasteiger partial charge in [0.1, 0.15) is 23.0 Å². The van der Waals surface area contributed by atoms with Crippen LogP contribution in [0.1, 0.15) is 33.3 Å². The molecule has 3 aromatic rings. The first kappa shape index (κ1) is 18.3. The van der Waals surface area contributed by atoms with Gasteiger partial charge >= 0.3 is 0 Å². The molecule has 4 nitrogen and oxygen atoms in total. The van der Waals surface area contributed by atoms with Crippen LogP contribution in [0.25, 0.3) is 0 Å². The minimum Gasteiger partial charge on any atom is -0.384 e. The van der Waals surface area contributed by atoms with Gasteiger partial charge in [0.05, 0.1) is 0 Å². The summed E-state index contributed by atoms with van der Waals surface area (Å²) in [5.74, 6) is -2.45. The van der Waals surface area contributed by atoms with E-state index in [-0.39, 0.29) is 11.3 Å². The van der Waals surface area contributed by atoms with Crippen LogP contribution in [0.2, 0.25) is 0 Å². The highest BCUT2D eigenvalue weighted by Crippen LogP contribution is 2.54. The minimum atomic E-state index is -1.23. The minimum absolute atomic E-state index is 0.259. The summed E-state index contributed by atoms with van der Waals surface area (Å²) in [7, 11) is 0. The summed E-state index contributed by atoms with van der Waals surface area (Å²) in [5, 5.41) is 9.93. The van der Waals surface area contributed by atoms with Gasteiger partial charge in [0.25, 0.3) is 0 Å². The van der Waals surface area contributed by atoms with E-state index in [0.29, 0.717) is 29.9 Å². The highest BCUT2D eigenvalue weighted by molar-refractivity contribution is 6.15. The Morgan fingerprint density at radius 2 is 1.19 bits per heavy atom. The van der Waals surface area contributed by atoms with Gasteiger partial charge < -0.3 is 16.0 Å². The summed E-state index contributed by atoms with van der Waals surface area (Å²) in [5.41, 5.74) is 2.43. The monoisotopic (exact) mass is 421 g/mol. The summed E-state index contributed by atoms with van der Waals surface area (Å²) in [4.78, 5) is 14.0. The topological polar surface area (TPSA) is 53.2 Å². The van der Waals surface area contributed by atoms with Crippen molar-refractivity contribution in [3.8, 4) is 0 Å². The fourth-order valence-electron chi connectivity index (χ4n) is 5.47. The number of halogens is 3. The third kappa shape index (κ3) is 2.46. The van der Waals surface area contributed by atoms with Crippen molar-refractivity contribution in [2.75, 3.05) is 29.0 Å². The van der Waals surface area contributed by atoms with E-state index in [0.717, 1.165) is 11.4 Å². The second kappa shape index (κ2) is 6.26. The predicted molar refractivity (Wildman–Crippen MR) is 112 cm³/mol. The van der Waals surface area contributed by atoms with Crippen molar-refractivity contribution in [3.63, 3.8) is 0 Å². The Kier molecular flexibility index (Phi) is 3.70. The number of carbonyl (C=O) groups is 1. The van der Waals surface area contributed by atoms with E-state index < -0.39 is 34.8 Å². The molecule has 0 saturated heterocycles. The van der Waals surface area contributed by atoms with Crippen molar-refractivity contribution < 1.29 is 18.0 Å². The maximum atomic E-state index is 14.2. The van der Waals surface area contributed by atoms with Crippen molar-refractivity contribution in [2.24, 2.45) is 0 Å². The van der Waals surface area contributed by atoms with Crippen LogP contribution in [0.15, 0.2) is 54.6 Å². The second-order valence-electron chi connectivity index (χ2n) is 8.34. The van der Waals surface area contributed by atoms with Crippen molar-refractivity contribution >= 4 is 22.8 Å². The molecule has 2 unspecified atom stereocenters. The molecule has 3 aromatic carbocycles. The number of Topliss-reactive ketones (excluding diaryl/α,β-unsaturated/α-hetero) is 1. The number of anilines is 3. The van der Waals surface area contributed by atoms with Crippen LogP contribution in [-0.2, 0) is 0 Å². The molecule has 3 aliphatic rings. The van der Waals surface area contributed by atoms with Gasteiger partial charge in [-0.1, -0.05) is 0 Å². The van der Waals surface area contributed by atoms with Crippen molar-refractivity contribution in [3.05, 3.63) is 88.7 Å². The summed E-state index contributed by atoms with van der Waals surface area (Å²) in [6.45, 7) is 0.796. The Hall–Kier alpha value is -3.48. The normalized spacial score (nSPS) is 25.3. The number of ketones is 1. The Morgan fingerprint density at radius 1 is 0.710 bits per heavy atom. The summed E-state index contributed by atoms with van der Waals surface area (Å²) < 4.78 is 42.4. The maximum Gasteiger partial charge on any atom is 0.191 e. The molecule has 156 valence electrons. The zero-order valence-corrected chi connectivity index (χ0v) is 16.3. The lowest BCUT2D eigenvalue weighted by Gasteiger charge is -2.40. The van der Waals surface area contributed by atoms with Crippen LogP contribution in [-0.4, -0.2) is 24.4 Å². The molecule has 0 radical (unpaired) electrons. The van der Waals surface area contributed by atoms with E-state index in [1.54, 1.807) is 18.2 Å². The van der Waals surface area contributed by atoms with Crippen LogP contribution in [0.4, 0.5) is 30.2 Å². The molecule has 2 atom stereocenters. The van der Waals surface area contributed by atoms with Gasteiger partial charge in [0.2, 0.25) is 0 Å².